The van der Waals surface area contributed by atoms with Crippen LogP contribution in [0, 0.1) is 0 Å². The van der Waals surface area contributed by atoms with Crippen LogP contribution in [0.4, 0.5) is 0 Å². The minimum absolute atomic E-state index is 0.247. The highest BCUT2D eigenvalue weighted by Crippen LogP contribution is 2.42. The molecule has 1 aliphatic carbocycles. The van der Waals surface area contributed by atoms with E-state index in [1.165, 1.54) is 12.8 Å². The maximum Gasteiger partial charge on any atom is 0.165 e. The van der Waals surface area contributed by atoms with Gasteiger partial charge in [0, 0.05) is 12.6 Å². The molecule has 2 N–H and O–H groups in total. The molecule has 1 atom stereocenters. The van der Waals surface area contributed by atoms with Gasteiger partial charge in [0.15, 0.2) is 5.82 Å². The van der Waals surface area contributed by atoms with Crippen LogP contribution in [0.15, 0.2) is 0 Å². The molecule has 1 aromatic heterocycles. The maximum atomic E-state index is 5.84. The lowest BCUT2D eigenvalue weighted by molar-refractivity contribution is 0.00601. The van der Waals surface area contributed by atoms with E-state index in [1.807, 2.05) is 0 Å². The SMILES string of the molecule is CC1(c2nnc(CN)n2C2CC2)CCCO1. The van der Waals surface area contributed by atoms with Gasteiger partial charge in [-0.15, -0.1) is 10.2 Å². The summed E-state index contributed by atoms with van der Waals surface area (Å²) in [5.74, 6) is 1.88. The predicted molar refractivity (Wildman–Crippen MR) is 58.7 cm³/mol. The van der Waals surface area contributed by atoms with Gasteiger partial charge >= 0.3 is 0 Å². The number of rotatable bonds is 3. The van der Waals surface area contributed by atoms with E-state index in [0.717, 1.165) is 31.1 Å². The quantitative estimate of drug-likeness (QED) is 0.831. The van der Waals surface area contributed by atoms with Crippen molar-refractivity contribution in [3.8, 4) is 0 Å². The molecule has 1 saturated carbocycles. The molecule has 0 bridgehead atoms. The van der Waals surface area contributed by atoms with Crippen molar-refractivity contribution in [2.24, 2.45) is 5.73 Å². The van der Waals surface area contributed by atoms with Crippen molar-refractivity contribution < 1.29 is 4.74 Å². The van der Waals surface area contributed by atoms with E-state index in [-0.39, 0.29) is 5.60 Å². The highest BCUT2D eigenvalue weighted by molar-refractivity contribution is 5.10. The summed E-state index contributed by atoms with van der Waals surface area (Å²) in [6, 6.07) is 0.560. The molecule has 1 aromatic rings. The fraction of sp³-hybridized carbons (Fsp3) is 0.818. The summed E-state index contributed by atoms with van der Waals surface area (Å²) in [4.78, 5) is 0. The van der Waals surface area contributed by atoms with Crippen molar-refractivity contribution in [1.82, 2.24) is 14.8 Å². The van der Waals surface area contributed by atoms with Gasteiger partial charge in [-0.3, -0.25) is 0 Å². The average Bonchev–Trinajstić information content (AvgIpc) is 2.87. The molecule has 2 fully saturated rings. The normalized spacial score (nSPS) is 29.9. The van der Waals surface area contributed by atoms with Crippen LogP contribution in [0.25, 0.3) is 0 Å². The lowest BCUT2D eigenvalue weighted by Crippen LogP contribution is -2.26. The minimum Gasteiger partial charge on any atom is -0.367 e. The summed E-state index contributed by atoms with van der Waals surface area (Å²) in [5.41, 5.74) is 5.46. The molecule has 1 aliphatic heterocycles. The fourth-order valence-corrected chi connectivity index (χ4v) is 2.50. The Hall–Kier alpha value is -0.940. The molecule has 0 spiro atoms. The van der Waals surface area contributed by atoms with Crippen LogP contribution in [0.2, 0.25) is 0 Å². The molecule has 88 valence electrons. The van der Waals surface area contributed by atoms with Crippen LogP contribution in [0.1, 0.15) is 50.3 Å². The van der Waals surface area contributed by atoms with E-state index >= 15 is 0 Å². The summed E-state index contributed by atoms with van der Waals surface area (Å²) in [6.07, 6.45) is 4.57. The first kappa shape index (κ1) is 10.2. The number of ether oxygens (including phenoxy) is 1. The maximum absolute atomic E-state index is 5.84. The van der Waals surface area contributed by atoms with Crippen LogP contribution in [-0.4, -0.2) is 21.4 Å². The number of hydrogen-bond donors (Lipinski definition) is 1. The molecule has 0 aromatic carbocycles. The summed E-state index contributed by atoms with van der Waals surface area (Å²) in [7, 11) is 0. The Morgan fingerprint density at radius 1 is 1.50 bits per heavy atom. The van der Waals surface area contributed by atoms with Crippen LogP contribution in [0.5, 0.6) is 0 Å². The second-order valence-corrected chi connectivity index (χ2v) is 4.93. The van der Waals surface area contributed by atoms with Gasteiger partial charge in [-0.1, -0.05) is 0 Å². The lowest BCUT2D eigenvalue weighted by Gasteiger charge is -2.23. The molecule has 3 rings (SSSR count). The Labute approximate surface area is 95.0 Å². The van der Waals surface area contributed by atoms with Crippen LogP contribution < -0.4 is 5.73 Å². The Balaban J connectivity index is 2.02. The second kappa shape index (κ2) is 3.53. The third kappa shape index (κ3) is 1.46. The van der Waals surface area contributed by atoms with E-state index in [1.54, 1.807) is 0 Å². The second-order valence-electron chi connectivity index (χ2n) is 4.93. The van der Waals surface area contributed by atoms with Gasteiger partial charge in [0.2, 0.25) is 0 Å². The Morgan fingerprint density at radius 3 is 2.88 bits per heavy atom. The van der Waals surface area contributed by atoms with Gasteiger partial charge in [0.25, 0.3) is 0 Å². The molecular formula is C11H18N4O. The van der Waals surface area contributed by atoms with Crippen molar-refractivity contribution in [1.29, 1.82) is 0 Å². The fourth-order valence-electron chi connectivity index (χ4n) is 2.50. The smallest absolute Gasteiger partial charge is 0.165 e. The summed E-state index contributed by atoms with van der Waals surface area (Å²) < 4.78 is 8.05. The first-order valence-corrected chi connectivity index (χ1v) is 6.03. The third-order valence-corrected chi connectivity index (χ3v) is 3.55. The monoisotopic (exact) mass is 222 g/mol. The van der Waals surface area contributed by atoms with Crippen LogP contribution in [-0.2, 0) is 16.9 Å². The van der Waals surface area contributed by atoms with Crippen molar-refractivity contribution in [3.63, 3.8) is 0 Å². The third-order valence-electron chi connectivity index (χ3n) is 3.55. The summed E-state index contributed by atoms with van der Waals surface area (Å²) in [5, 5.41) is 8.50. The van der Waals surface area contributed by atoms with Crippen molar-refractivity contribution in [2.75, 3.05) is 6.61 Å². The van der Waals surface area contributed by atoms with E-state index in [0.29, 0.717) is 12.6 Å². The van der Waals surface area contributed by atoms with E-state index in [2.05, 4.69) is 21.7 Å². The van der Waals surface area contributed by atoms with Crippen molar-refractivity contribution >= 4 is 0 Å². The number of hydrogen-bond acceptors (Lipinski definition) is 4. The van der Waals surface area contributed by atoms with Gasteiger partial charge in [0.05, 0.1) is 6.54 Å². The highest BCUT2D eigenvalue weighted by atomic mass is 16.5. The summed E-state index contributed by atoms with van der Waals surface area (Å²) >= 11 is 0. The van der Waals surface area contributed by atoms with Gasteiger partial charge in [-0.05, 0) is 32.6 Å². The van der Waals surface area contributed by atoms with Gasteiger partial charge in [-0.2, -0.15) is 0 Å². The standard InChI is InChI=1S/C11H18N4O/c1-11(5-2-6-16-11)10-14-13-9(7-12)15(10)8-3-4-8/h8H,2-7,12H2,1H3. The average molecular weight is 222 g/mol. The molecule has 2 aliphatic rings. The summed E-state index contributed by atoms with van der Waals surface area (Å²) in [6.45, 7) is 3.40. The van der Waals surface area contributed by atoms with Crippen LogP contribution >= 0.6 is 0 Å². The Morgan fingerprint density at radius 2 is 2.31 bits per heavy atom. The zero-order chi connectivity index (χ0) is 11.2. The molecule has 0 radical (unpaired) electrons. The van der Waals surface area contributed by atoms with E-state index in [4.69, 9.17) is 10.5 Å². The highest BCUT2D eigenvalue weighted by Gasteiger charge is 2.40. The van der Waals surface area contributed by atoms with E-state index in [9.17, 15) is 0 Å². The molecule has 16 heavy (non-hydrogen) atoms. The number of nitrogens with two attached hydrogens (primary N) is 1. The van der Waals surface area contributed by atoms with Gasteiger partial charge < -0.3 is 15.0 Å². The molecule has 5 nitrogen and oxygen atoms in total. The first-order valence-electron chi connectivity index (χ1n) is 6.03. The number of nitrogens with zero attached hydrogens (tertiary/aromatic N) is 3. The lowest BCUT2D eigenvalue weighted by atomic mass is 10.0. The molecular weight excluding hydrogens is 204 g/mol. The Kier molecular flexibility index (Phi) is 2.26. The molecule has 1 unspecified atom stereocenters. The zero-order valence-corrected chi connectivity index (χ0v) is 9.65. The topological polar surface area (TPSA) is 66.0 Å². The van der Waals surface area contributed by atoms with Crippen LogP contribution in [0.3, 0.4) is 0 Å². The largest absolute Gasteiger partial charge is 0.367 e. The molecule has 1 saturated heterocycles. The molecule has 5 heteroatoms. The molecule has 0 amide bonds. The molecule has 2 heterocycles. The minimum atomic E-state index is -0.247. The van der Waals surface area contributed by atoms with Crippen molar-refractivity contribution in [2.45, 2.75) is 50.8 Å². The van der Waals surface area contributed by atoms with Gasteiger partial charge in [-0.25, -0.2) is 0 Å². The van der Waals surface area contributed by atoms with Crippen molar-refractivity contribution in [3.05, 3.63) is 11.6 Å². The Bertz CT molecular complexity index is 391. The first-order chi connectivity index (χ1) is 7.74. The van der Waals surface area contributed by atoms with E-state index < -0.39 is 0 Å². The zero-order valence-electron chi connectivity index (χ0n) is 9.65. The predicted octanol–water partition coefficient (Wildman–Crippen LogP) is 1.10. The van der Waals surface area contributed by atoms with Gasteiger partial charge in [0.1, 0.15) is 11.4 Å². The number of aromatic nitrogens is 3.